The fourth-order valence-electron chi connectivity index (χ4n) is 2.38. The molecular weight excluding hydrogens is 242 g/mol. The predicted molar refractivity (Wildman–Crippen MR) is 77.9 cm³/mol. The second kappa shape index (κ2) is 4.91. The standard InChI is InChI=1S/C14H25N3S/c1-13(2,3)12-16-7-11(18-12)8-17-6-5-14(4,9-15)10-17/h7H,5-6,8-10,15H2,1-4H3. The summed E-state index contributed by atoms with van der Waals surface area (Å²) in [6, 6.07) is 0. The Morgan fingerprint density at radius 1 is 1.50 bits per heavy atom. The predicted octanol–water partition coefficient (Wildman–Crippen LogP) is 2.61. The van der Waals surface area contributed by atoms with Crippen LogP contribution in [0.5, 0.6) is 0 Å². The summed E-state index contributed by atoms with van der Waals surface area (Å²) in [6.07, 6.45) is 3.26. The maximum Gasteiger partial charge on any atom is 0.0981 e. The second-order valence-electron chi connectivity index (χ2n) is 6.86. The van der Waals surface area contributed by atoms with Gasteiger partial charge in [0.15, 0.2) is 0 Å². The first-order chi connectivity index (χ1) is 8.32. The Bertz CT molecular complexity index is 407. The van der Waals surface area contributed by atoms with E-state index in [0.717, 1.165) is 26.2 Å². The minimum atomic E-state index is 0.166. The Kier molecular flexibility index (Phi) is 3.81. The van der Waals surface area contributed by atoms with Gasteiger partial charge in [0.05, 0.1) is 5.01 Å². The van der Waals surface area contributed by atoms with Crippen LogP contribution in [0.4, 0.5) is 0 Å². The van der Waals surface area contributed by atoms with Crippen LogP contribution in [-0.4, -0.2) is 29.5 Å². The number of likely N-dealkylation sites (tertiary alicyclic amines) is 1. The SMILES string of the molecule is CC1(CN)CCN(Cc2cnc(C(C)(C)C)s2)C1. The molecule has 0 bridgehead atoms. The highest BCUT2D eigenvalue weighted by molar-refractivity contribution is 7.11. The average molecular weight is 267 g/mol. The number of hydrogen-bond donors (Lipinski definition) is 1. The van der Waals surface area contributed by atoms with Crippen molar-refractivity contribution in [2.24, 2.45) is 11.1 Å². The van der Waals surface area contributed by atoms with Gasteiger partial charge in [0.25, 0.3) is 0 Å². The quantitative estimate of drug-likeness (QED) is 0.915. The highest BCUT2D eigenvalue weighted by Gasteiger charge is 2.32. The van der Waals surface area contributed by atoms with E-state index >= 15 is 0 Å². The Balaban J connectivity index is 1.97. The number of nitrogens with zero attached hydrogens (tertiary/aromatic N) is 2. The summed E-state index contributed by atoms with van der Waals surface area (Å²) in [7, 11) is 0. The third-order valence-corrected chi connectivity index (χ3v) is 5.11. The summed E-state index contributed by atoms with van der Waals surface area (Å²) in [4.78, 5) is 8.44. The Labute approximate surface area is 114 Å². The summed E-state index contributed by atoms with van der Waals surface area (Å²) in [5.41, 5.74) is 6.33. The van der Waals surface area contributed by atoms with Crippen molar-refractivity contribution in [2.45, 2.75) is 46.1 Å². The lowest BCUT2D eigenvalue weighted by molar-refractivity contribution is 0.276. The van der Waals surface area contributed by atoms with Crippen LogP contribution in [0.25, 0.3) is 0 Å². The number of rotatable bonds is 3. The molecule has 0 aromatic carbocycles. The fourth-order valence-corrected chi connectivity index (χ4v) is 3.39. The van der Waals surface area contributed by atoms with Crippen LogP contribution in [0.1, 0.15) is 44.0 Å². The van der Waals surface area contributed by atoms with E-state index in [1.807, 2.05) is 17.5 Å². The molecule has 1 aromatic rings. The largest absolute Gasteiger partial charge is 0.330 e. The third kappa shape index (κ3) is 3.11. The molecule has 2 N–H and O–H groups in total. The van der Waals surface area contributed by atoms with Gasteiger partial charge in [0.1, 0.15) is 0 Å². The number of nitrogens with two attached hydrogens (primary N) is 1. The molecule has 2 rings (SSSR count). The van der Waals surface area contributed by atoms with Crippen LogP contribution in [0.2, 0.25) is 0 Å². The van der Waals surface area contributed by atoms with Gasteiger partial charge in [0, 0.05) is 29.6 Å². The van der Waals surface area contributed by atoms with Crippen LogP contribution in [0.3, 0.4) is 0 Å². The van der Waals surface area contributed by atoms with E-state index in [9.17, 15) is 0 Å². The highest BCUT2D eigenvalue weighted by Crippen LogP contribution is 2.32. The molecule has 102 valence electrons. The summed E-state index contributed by atoms with van der Waals surface area (Å²) in [6.45, 7) is 13.1. The van der Waals surface area contributed by atoms with Crippen molar-refractivity contribution in [1.29, 1.82) is 0 Å². The van der Waals surface area contributed by atoms with E-state index in [4.69, 9.17) is 5.73 Å². The molecule has 0 saturated carbocycles. The van der Waals surface area contributed by atoms with Gasteiger partial charge in [-0.25, -0.2) is 4.98 Å². The molecule has 1 aromatic heterocycles. The Morgan fingerprint density at radius 3 is 2.72 bits per heavy atom. The minimum absolute atomic E-state index is 0.166. The monoisotopic (exact) mass is 267 g/mol. The first kappa shape index (κ1) is 14.0. The van der Waals surface area contributed by atoms with Gasteiger partial charge in [-0.15, -0.1) is 11.3 Å². The van der Waals surface area contributed by atoms with Crippen LogP contribution in [-0.2, 0) is 12.0 Å². The molecule has 0 amide bonds. The van der Waals surface area contributed by atoms with Gasteiger partial charge in [-0.3, -0.25) is 4.90 Å². The van der Waals surface area contributed by atoms with Crippen molar-refractivity contribution in [3.05, 3.63) is 16.1 Å². The zero-order valence-corrected chi connectivity index (χ0v) is 12.8. The van der Waals surface area contributed by atoms with Gasteiger partial charge in [-0.05, 0) is 24.9 Å². The highest BCUT2D eigenvalue weighted by atomic mass is 32.1. The van der Waals surface area contributed by atoms with E-state index in [1.165, 1.54) is 16.3 Å². The molecule has 0 spiro atoms. The lowest BCUT2D eigenvalue weighted by atomic mass is 9.90. The van der Waals surface area contributed by atoms with Crippen LogP contribution < -0.4 is 5.73 Å². The molecular formula is C14H25N3S. The van der Waals surface area contributed by atoms with Crippen molar-refractivity contribution in [2.75, 3.05) is 19.6 Å². The number of aromatic nitrogens is 1. The summed E-state index contributed by atoms with van der Waals surface area (Å²) < 4.78 is 0. The van der Waals surface area contributed by atoms with E-state index in [2.05, 4.69) is 37.6 Å². The topological polar surface area (TPSA) is 42.1 Å². The molecule has 1 atom stereocenters. The first-order valence-electron chi connectivity index (χ1n) is 6.70. The minimum Gasteiger partial charge on any atom is -0.330 e. The average Bonchev–Trinajstić information content (AvgIpc) is 2.86. The summed E-state index contributed by atoms with van der Waals surface area (Å²) in [5, 5.41) is 1.23. The molecule has 0 aliphatic carbocycles. The van der Waals surface area contributed by atoms with E-state index < -0.39 is 0 Å². The molecule has 2 heterocycles. The van der Waals surface area contributed by atoms with Gasteiger partial charge in [0.2, 0.25) is 0 Å². The molecule has 18 heavy (non-hydrogen) atoms. The zero-order chi connectivity index (χ0) is 13.4. The molecule has 0 radical (unpaired) electrons. The fraction of sp³-hybridized carbons (Fsp3) is 0.786. The molecule has 1 saturated heterocycles. The lowest BCUT2D eigenvalue weighted by Gasteiger charge is -2.22. The van der Waals surface area contributed by atoms with Crippen molar-refractivity contribution >= 4 is 11.3 Å². The Hall–Kier alpha value is -0.450. The van der Waals surface area contributed by atoms with Crippen LogP contribution in [0.15, 0.2) is 6.20 Å². The number of hydrogen-bond acceptors (Lipinski definition) is 4. The maximum absolute atomic E-state index is 5.85. The third-order valence-electron chi connectivity index (χ3n) is 3.70. The lowest BCUT2D eigenvalue weighted by Crippen LogP contribution is -2.30. The van der Waals surface area contributed by atoms with Crippen molar-refractivity contribution < 1.29 is 0 Å². The van der Waals surface area contributed by atoms with Gasteiger partial charge in [-0.1, -0.05) is 27.7 Å². The molecule has 1 unspecified atom stereocenters. The normalized spacial score (nSPS) is 25.8. The van der Waals surface area contributed by atoms with Crippen molar-refractivity contribution in [3.8, 4) is 0 Å². The van der Waals surface area contributed by atoms with Crippen molar-refractivity contribution in [3.63, 3.8) is 0 Å². The van der Waals surface area contributed by atoms with Crippen molar-refractivity contribution in [1.82, 2.24) is 9.88 Å². The molecule has 1 fully saturated rings. The molecule has 1 aliphatic heterocycles. The maximum atomic E-state index is 5.85. The first-order valence-corrected chi connectivity index (χ1v) is 7.52. The zero-order valence-electron chi connectivity index (χ0n) is 12.0. The van der Waals surface area contributed by atoms with Gasteiger partial charge >= 0.3 is 0 Å². The van der Waals surface area contributed by atoms with Crippen LogP contribution >= 0.6 is 11.3 Å². The Morgan fingerprint density at radius 2 is 2.22 bits per heavy atom. The van der Waals surface area contributed by atoms with Gasteiger partial charge < -0.3 is 5.73 Å². The molecule has 1 aliphatic rings. The number of thiazole rings is 1. The van der Waals surface area contributed by atoms with E-state index in [0.29, 0.717) is 5.41 Å². The molecule has 3 nitrogen and oxygen atoms in total. The summed E-state index contributed by atoms with van der Waals surface area (Å²) in [5.74, 6) is 0. The second-order valence-corrected chi connectivity index (χ2v) is 7.97. The smallest absolute Gasteiger partial charge is 0.0981 e. The van der Waals surface area contributed by atoms with E-state index in [-0.39, 0.29) is 5.41 Å². The van der Waals surface area contributed by atoms with E-state index in [1.54, 1.807) is 0 Å². The summed E-state index contributed by atoms with van der Waals surface area (Å²) >= 11 is 1.85. The molecule has 4 heteroatoms. The van der Waals surface area contributed by atoms with Gasteiger partial charge in [-0.2, -0.15) is 0 Å². The van der Waals surface area contributed by atoms with Crippen LogP contribution in [0, 0.1) is 5.41 Å².